The van der Waals surface area contributed by atoms with E-state index in [1.54, 1.807) is 19.1 Å². The Balaban J connectivity index is 2.46. The van der Waals surface area contributed by atoms with Crippen molar-refractivity contribution in [2.45, 2.75) is 13.2 Å². The average molecular weight is 163 g/mol. The molecule has 0 N–H and O–H groups in total. The Labute approximate surface area is 72.4 Å². The minimum Gasteiger partial charge on any atom is -0.463 e. The van der Waals surface area contributed by atoms with Crippen molar-refractivity contribution >= 4 is 0 Å². The first-order valence-corrected chi connectivity index (χ1v) is 3.72. The molecule has 0 spiro atoms. The predicted molar refractivity (Wildman–Crippen MR) is 46.7 cm³/mol. The number of ether oxygens (including phenoxy) is 2. The third kappa shape index (κ3) is 2.66. The molecule has 0 heterocycles. The molecule has 12 heavy (non-hydrogen) atoms. The summed E-state index contributed by atoms with van der Waals surface area (Å²) in [5, 5.41) is 0. The third-order valence-electron chi connectivity index (χ3n) is 1.28. The van der Waals surface area contributed by atoms with E-state index in [4.69, 9.17) is 9.47 Å². The van der Waals surface area contributed by atoms with Gasteiger partial charge in [0.1, 0.15) is 5.75 Å². The van der Waals surface area contributed by atoms with Gasteiger partial charge in [0.2, 0.25) is 6.29 Å². The monoisotopic (exact) mass is 163 g/mol. The number of benzene rings is 1. The van der Waals surface area contributed by atoms with Crippen LogP contribution in [0.5, 0.6) is 5.75 Å². The van der Waals surface area contributed by atoms with Crippen molar-refractivity contribution in [3.8, 4) is 5.75 Å². The molecule has 1 aromatic carbocycles. The largest absolute Gasteiger partial charge is 0.463 e. The normalized spacial score (nSPS) is 11.8. The van der Waals surface area contributed by atoms with Crippen molar-refractivity contribution < 1.29 is 9.47 Å². The molecule has 2 heteroatoms. The summed E-state index contributed by atoms with van der Waals surface area (Å²) < 4.78 is 10.3. The predicted octanol–water partition coefficient (Wildman–Crippen LogP) is 2.37. The Bertz CT molecular complexity index is 231. The number of rotatable bonds is 4. The van der Waals surface area contributed by atoms with Gasteiger partial charge in [0.25, 0.3) is 0 Å². The van der Waals surface area contributed by atoms with Crippen LogP contribution in [0.1, 0.15) is 6.92 Å². The van der Waals surface area contributed by atoms with Crippen LogP contribution in [0.15, 0.2) is 37.1 Å². The molecule has 1 aromatic rings. The van der Waals surface area contributed by atoms with Crippen LogP contribution in [-0.4, -0.2) is 6.29 Å². The Morgan fingerprint density at radius 1 is 1.50 bits per heavy atom. The fraction of sp³-hybridized carbons (Fsp3) is 0.200. The lowest BCUT2D eigenvalue weighted by molar-refractivity contribution is -0.0131. The average Bonchev–Trinajstić information content (AvgIpc) is 2.06. The highest BCUT2D eigenvalue weighted by atomic mass is 16.7. The first kappa shape index (κ1) is 8.65. The summed E-state index contributed by atoms with van der Waals surface area (Å²) in [7, 11) is 0. The van der Waals surface area contributed by atoms with Crippen LogP contribution in [0.25, 0.3) is 0 Å². The van der Waals surface area contributed by atoms with Gasteiger partial charge in [0.05, 0.1) is 6.26 Å². The molecular formula is C10H11O2. The highest BCUT2D eigenvalue weighted by Gasteiger charge is 1.99. The summed E-state index contributed by atoms with van der Waals surface area (Å²) in [4.78, 5) is 0. The van der Waals surface area contributed by atoms with Gasteiger partial charge in [-0.2, -0.15) is 0 Å². The molecule has 0 bridgehead atoms. The smallest absolute Gasteiger partial charge is 0.237 e. The fourth-order valence-electron chi connectivity index (χ4n) is 0.805. The van der Waals surface area contributed by atoms with E-state index in [2.05, 4.69) is 12.6 Å². The zero-order valence-corrected chi connectivity index (χ0v) is 6.99. The van der Waals surface area contributed by atoms with Crippen molar-refractivity contribution in [1.29, 1.82) is 0 Å². The van der Waals surface area contributed by atoms with Crippen LogP contribution >= 0.6 is 0 Å². The summed E-state index contributed by atoms with van der Waals surface area (Å²) in [6, 6.07) is 10.1. The van der Waals surface area contributed by atoms with Crippen LogP contribution in [0, 0.1) is 6.07 Å². The number of hydrogen-bond donors (Lipinski definition) is 0. The van der Waals surface area contributed by atoms with Crippen molar-refractivity contribution in [3.05, 3.63) is 43.2 Å². The fourth-order valence-corrected chi connectivity index (χ4v) is 0.805. The van der Waals surface area contributed by atoms with E-state index in [-0.39, 0.29) is 6.29 Å². The molecule has 1 radical (unpaired) electrons. The molecule has 0 amide bonds. The summed E-state index contributed by atoms with van der Waals surface area (Å²) in [5.74, 6) is 0.767. The topological polar surface area (TPSA) is 18.5 Å². The number of hydrogen-bond acceptors (Lipinski definition) is 2. The molecule has 0 aliphatic carbocycles. The zero-order valence-electron chi connectivity index (χ0n) is 6.99. The lowest BCUT2D eigenvalue weighted by Gasteiger charge is -2.12. The minimum absolute atomic E-state index is 0.301. The molecule has 0 aliphatic heterocycles. The molecule has 1 rings (SSSR count). The van der Waals surface area contributed by atoms with Gasteiger partial charge >= 0.3 is 0 Å². The van der Waals surface area contributed by atoms with E-state index < -0.39 is 0 Å². The highest BCUT2D eigenvalue weighted by molar-refractivity contribution is 5.20. The maximum absolute atomic E-state index is 5.34. The van der Waals surface area contributed by atoms with Crippen LogP contribution in [0.2, 0.25) is 0 Å². The molecule has 2 nitrogen and oxygen atoms in total. The van der Waals surface area contributed by atoms with Gasteiger partial charge in [0.15, 0.2) is 0 Å². The molecule has 0 fully saturated rings. The summed E-state index contributed by atoms with van der Waals surface area (Å²) in [6.45, 7) is 5.24. The van der Waals surface area contributed by atoms with Gasteiger partial charge in [-0.25, -0.2) is 0 Å². The maximum Gasteiger partial charge on any atom is 0.237 e. The van der Waals surface area contributed by atoms with Gasteiger partial charge < -0.3 is 9.47 Å². The lowest BCUT2D eigenvalue weighted by Crippen LogP contribution is -2.12. The zero-order chi connectivity index (χ0) is 8.81. The third-order valence-corrected chi connectivity index (χ3v) is 1.28. The molecule has 0 saturated carbocycles. The minimum atomic E-state index is -0.301. The van der Waals surface area contributed by atoms with Gasteiger partial charge in [-0.05, 0) is 18.2 Å². The Morgan fingerprint density at radius 3 is 2.75 bits per heavy atom. The van der Waals surface area contributed by atoms with Crippen LogP contribution in [0.4, 0.5) is 0 Å². The van der Waals surface area contributed by atoms with Gasteiger partial charge in [-0.3, -0.25) is 0 Å². The van der Waals surface area contributed by atoms with Gasteiger partial charge in [0, 0.05) is 6.92 Å². The van der Waals surface area contributed by atoms with Crippen molar-refractivity contribution in [3.63, 3.8) is 0 Å². The van der Waals surface area contributed by atoms with E-state index in [1.807, 2.05) is 12.1 Å². The van der Waals surface area contributed by atoms with Crippen LogP contribution in [0.3, 0.4) is 0 Å². The first-order chi connectivity index (χ1) is 5.83. The van der Waals surface area contributed by atoms with Crippen molar-refractivity contribution in [1.82, 2.24) is 0 Å². The first-order valence-electron chi connectivity index (χ1n) is 3.72. The summed E-state index contributed by atoms with van der Waals surface area (Å²) in [5.41, 5.74) is 0. The second-order valence-corrected chi connectivity index (χ2v) is 2.22. The summed E-state index contributed by atoms with van der Waals surface area (Å²) in [6.07, 6.45) is 1.06. The van der Waals surface area contributed by atoms with Gasteiger partial charge in [-0.15, -0.1) is 0 Å². The van der Waals surface area contributed by atoms with E-state index in [0.717, 1.165) is 5.75 Å². The SMILES string of the molecule is C=COC(C)Oc1cc[c]cc1. The van der Waals surface area contributed by atoms with Crippen molar-refractivity contribution in [2.24, 2.45) is 0 Å². The van der Waals surface area contributed by atoms with Crippen molar-refractivity contribution in [2.75, 3.05) is 0 Å². The molecule has 1 atom stereocenters. The van der Waals surface area contributed by atoms with E-state index >= 15 is 0 Å². The maximum atomic E-state index is 5.34. The molecular weight excluding hydrogens is 152 g/mol. The molecule has 0 aliphatic rings. The molecule has 0 aromatic heterocycles. The Hall–Kier alpha value is -1.44. The van der Waals surface area contributed by atoms with Crippen LogP contribution < -0.4 is 4.74 Å². The van der Waals surface area contributed by atoms with Crippen LogP contribution in [-0.2, 0) is 4.74 Å². The Morgan fingerprint density at radius 2 is 2.17 bits per heavy atom. The van der Waals surface area contributed by atoms with Gasteiger partial charge in [-0.1, -0.05) is 18.7 Å². The summed E-state index contributed by atoms with van der Waals surface area (Å²) >= 11 is 0. The molecule has 1 unspecified atom stereocenters. The standard InChI is InChI=1S/C10H11O2/c1-3-11-9(2)12-10-7-5-4-6-8-10/h3,5-9H,1H2,2H3. The molecule has 0 saturated heterocycles. The van der Waals surface area contributed by atoms with E-state index in [9.17, 15) is 0 Å². The molecule has 63 valence electrons. The Kier molecular flexibility index (Phi) is 3.20. The second-order valence-electron chi connectivity index (χ2n) is 2.22. The quantitative estimate of drug-likeness (QED) is 0.501. The lowest BCUT2D eigenvalue weighted by atomic mass is 10.3. The van der Waals surface area contributed by atoms with E-state index in [0.29, 0.717) is 0 Å². The highest BCUT2D eigenvalue weighted by Crippen LogP contribution is 2.10. The second kappa shape index (κ2) is 4.44. The van der Waals surface area contributed by atoms with E-state index in [1.165, 1.54) is 6.26 Å².